The number of benzene rings is 2. The Labute approximate surface area is 192 Å². The van der Waals surface area contributed by atoms with Crippen LogP contribution in [-0.4, -0.2) is 28.4 Å². The van der Waals surface area contributed by atoms with Crippen LogP contribution in [0, 0.1) is 5.92 Å². The summed E-state index contributed by atoms with van der Waals surface area (Å²) in [6, 6.07) is 20.4. The maximum atomic E-state index is 13.2. The van der Waals surface area contributed by atoms with Gasteiger partial charge in [0.2, 0.25) is 5.91 Å². The second-order valence-corrected chi connectivity index (χ2v) is 8.31. The fourth-order valence-corrected chi connectivity index (χ4v) is 4.22. The minimum Gasteiger partial charge on any atom is -0.352 e. The van der Waals surface area contributed by atoms with Gasteiger partial charge in [0.15, 0.2) is 0 Å². The van der Waals surface area contributed by atoms with Crippen molar-refractivity contribution < 1.29 is 9.59 Å². The van der Waals surface area contributed by atoms with Gasteiger partial charge in [-0.2, -0.15) is 0 Å². The molecule has 1 aliphatic heterocycles. The van der Waals surface area contributed by atoms with Crippen LogP contribution in [-0.2, 0) is 11.3 Å². The van der Waals surface area contributed by atoms with E-state index in [2.05, 4.69) is 15.6 Å². The largest absolute Gasteiger partial charge is 0.352 e. The average Bonchev–Trinajstić information content (AvgIpc) is 2.83. The summed E-state index contributed by atoms with van der Waals surface area (Å²) < 4.78 is 0. The summed E-state index contributed by atoms with van der Waals surface area (Å²) >= 11 is 6.07. The Hall–Kier alpha value is -3.38. The zero-order valence-electron chi connectivity index (χ0n) is 17.6. The van der Waals surface area contributed by atoms with E-state index in [4.69, 9.17) is 11.6 Å². The van der Waals surface area contributed by atoms with Gasteiger partial charge in [-0.25, -0.2) is 4.79 Å². The summed E-state index contributed by atoms with van der Waals surface area (Å²) in [6.07, 6.45) is 4.85. The molecule has 4 rings (SSSR count). The van der Waals surface area contributed by atoms with E-state index >= 15 is 0 Å². The number of rotatable bonds is 5. The van der Waals surface area contributed by atoms with Crippen LogP contribution in [0.3, 0.4) is 0 Å². The number of halogens is 1. The number of carbonyl (C=O) groups is 2. The molecular weight excluding hydrogens is 424 g/mol. The molecule has 2 unspecified atom stereocenters. The van der Waals surface area contributed by atoms with Crippen LogP contribution < -0.4 is 10.6 Å². The highest BCUT2D eigenvalue weighted by Gasteiger charge is 2.35. The van der Waals surface area contributed by atoms with Crippen molar-refractivity contribution in [2.75, 3.05) is 11.9 Å². The third-order valence-electron chi connectivity index (χ3n) is 5.66. The molecule has 0 aliphatic carbocycles. The zero-order valence-corrected chi connectivity index (χ0v) is 18.3. The van der Waals surface area contributed by atoms with Crippen LogP contribution in [0.1, 0.15) is 30.0 Å². The summed E-state index contributed by atoms with van der Waals surface area (Å²) in [5, 5.41) is 6.47. The van der Waals surface area contributed by atoms with Crippen molar-refractivity contribution >= 4 is 29.2 Å². The summed E-state index contributed by atoms with van der Waals surface area (Å²) in [7, 11) is 0. The molecule has 32 heavy (non-hydrogen) atoms. The number of aromatic nitrogens is 1. The number of pyridine rings is 1. The summed E-state index contributed by atoms with van der Waals surface area (Å²) in [5.74, 6) is -0.335. The number of amides is 3. The lowest BCUT2D eigenvalue weighted by Gasteiger charge is -2.39. The van der Waals surface area contributed by atoms with E-state index in [0.717, 1.165) is 11.1 Å². The van der Waals surface area contributed by atoms with Crippen LogP contribution >= 0.6 is 11.6 Å². The van der Waals surface area contributed by atoms with Gasteiger partial charge in [0.1, 0.15) is 0 Å². The smallest absolute Gasteiger partial charge is 0.322 e. The molecule has 1 saturated heterocycles. The lowest BCUT2D eigenvalue weighted by atomic mass is 9.88. The molecule has 3 aromatic rings. The van der Waals surface area contributed by atoms with Crippen molar-refractivity contribution in [3.8, 4) is 0 Å². The Bertz CT molecular complexity index is 1060. The first-order chi connectivity index (χ1) is 15.6. The molecule has 1 fully saturated rings. The van der Waals surface area contributed by atoms with Crippen LogP contribution in [0.15, 0.2) is 79.1 Å². The Morgan fingerprint density at radius 1 is 1.03 bits per heavy atom. The summed E-state index contributed by atoms with van der Waals surface area (Å²) in [5.41, 5.74) is 2.62. The standard InChI is InChI=1S/C25H25ClN4O2/c26-21-9-4-10-22(14-21)29-25(32)30-17-20(11-12-23(30)19-7-2-1-3-8-19)24(31)28-16-18-6-5-13-27-15-18/h1-10,13-15,20,23H,11-12,16-17H2,(H,28,31)(H,29,32). The van der Waals surface area contributed by atoms with E-state index < -0.39 is 0 Å². The lowest BCUT2D eigenvalue weighted by molar-refractivity contribution is -0.126. The molecule has 2 aromatic carbocycles. The molecular formula is C25H25ClN4O2. The van der Waals surface area contributed by atoms with Gasteiger partial charge in [-0.15, -0.1) is 0 Å². The molecule has 6 nitrogen and oxygen atoms in total. The Morgan fingerprint density at radius 2 is 1.88 bits per heavy atom. The quantitative estimate of drug-likeness (QED) is 0.574. The Balaban J connectivity index is 1.48. The predicted molar refractivity (Wildman–Crippen MR) is 125 cm³/mol. The van der Waals surface area contributed by atoms with Gasteiger partial charge in [-0.1, -0.05) is 54.1 Å². The molecule has 164 valence electrons. The zero-order chi connectivity index (χ0) is 22.3. The predicted octanol–water partition coefficient (Wildman–Crippen LogP) is 5.04. The van der Waals surface area contributed by atoms with Gasteiger partial charge < -0.3 is 15.5 Å². The molecule has 7 heteroatoms. The summed E-state index contributed by atoms with van der Waals surface area (Å²) in [4.78, 5) is 32.0. The van der Waals surface area contributed by atoms with E-state index in [1.54, 1.807) is 41.6 Å². The number of nitrogens with zero attached hydrogens (tertiary/aromatic N) is 2. The van der Waals surface area contributed by atoms with E-state index in [-0.39, 0.29) is 23.9 Å². The van der Waals surface area contributed by atoms with Gasteiger partial charge in [-0.3, -0.25) is 9.78 Å². The molecule has 2 N–H and O–H groups in total. The number of nitrogens with one attached hydrogen (secondary N) is 2. The van der Waals surface area contributed by atoms with Gasteiger partial charge in [0, 0.05) is 36.2 Å². The van der Waals surface area contributed by atoms with Crippen molar-refractivity contribution in [1.29, 1.82) is 0 Å². The molecule has 2 atom stereocenters. The van der Waals surface area contributed by atoms with Gasteiger partial charge >= 0.3 is 6.03 Å². The van der Waals surface area contributed by atoms with E-state index in [0.29, 0.717) is 36.6 Å². The van der Waals surface area contributed by atoms with Crippen LogP contribution in [0.5, 0.6) is 0 Å². The highest BCUT2D eigenvalue weighted by Crippen LogP contribution is 2.34. The van der Waals surface area contributed by atoms with Crippen LogP contribution in [0.25, 0.3) is 0 Å². The highest BCUT2D eigenvalue weighted by atomic mass is 35.5. The fraction of sp³-hybridized carbons (Fsp3) is 0.240. The third kappa shape index (κ3) is 5.45. The summed E-state index contributed by atoms with van der Waals surface area (Å²) in [6.45, 7) is 0.755. The third-order valence-corrected chi connectivity index (χ3v) is 5.90. The van der Waals surface area contributed by atoms with Crippen LogP contribution in [0.2, 0.25) is 5.02 Å². The first kappa shape index (κ1) is 21.8. The number of hydrogen-bond donors (Lipinski definition) is 2. The number of carbonyl (C=O) groups excluding carboxylic acids is 2. The molecule has 2 heterocycles. The monoisotopic (exact) mass is 448 g/mol. The molecule has 0 radical (unpaired) electrons. The minimum absolute atomic E-state index is 0.0547. The number of hydrogen-bond acceptors (Lipinski definition) is 3. The Morgan fingerprint density at radius 3 is 2.62 bits per heavy atom. The average molecular weight is 449 g/mol. The molecule has 1 aliphatic rings. The topological polar surface area (TPSA) is 74.3 Å². The maximum absolute atomic E-state index is 13.2. The fourth-order valence-electron chi connectivity index (χ4n) is 4.03. The lowest BCUT2D eigenvalue weighted by Crippen LogP contribution is -2.48. The van der Waals surface area contributed by atoms with E-state index in [9.17, 15) is 9.59 Å². The minimum atomic E-state index is -0.281. The number of piperidine rings is 1. The van der Waals surface area contributed by atoms with Crippen molar-refractivity contribution in [3.63, 3.8) is 0 Å². The SMILES string of the molecule is O=C(NCc1cccnc1)C1CCC(c2ccccc2)N(C(=O)Nc2cccc(Cl)c2)C1. The molecule has 0 saturated carbocycles. The number of likely N-dealkylation sites (tertiary alicyclic amines) is 1. The van der Waals surface area contributed by atoms with E-state index in [1.807, 2.05) is 42.5 Å². The van der Waals surface area contributed by atoms with Crippen molar-refractivity contribution in [2.24, 2.45) is 5.92 Å². The second-order valence-electron chi connectivity index (χ2n) is 7.87. The number of anilines is 1. The Kier molecular flexibility index (Phi) is 7.02. The number of urea groups is 1. The van der Waals surface area contributed by atoms with Crippen LogP contribution in [0.4, 0.5) is 10.5 Å². The van der Waals surface area contributed by atoms with Gasteiger partial charge in [0.25, 0.3) is 0 Å². The maximum Gasteiger partial charge on any atom is 0.322 e. The van der Waals surface area contributed by atoms with Crippen molar-refractivity contribution in [1.82, 2.24) is 15.2 Å². The van der Waals surface area contributed by atoms with Gasteiger partial charge in [0.05, 0.1) is 12.0 Å². The van der Waals surface area contributed by atoms with E-state index in [1.165, 1.54) is 0 Å². The van der Waals surface area contributed by atoms with Crippen molar-refractivity contribution in [2.45, 2.75) is 25.4 Å². The first-order valence-electron chi connectivity index (χ1n) is 10.6. The van der Waals surface area contributed by atoms with Crippen molar-refractivity contribution in [3.05, 3.63) is 95.3 Å². The van der Waals surface area contributed by atoms with Gasteiger partial charge in [-0.05, 0) is 48.2 Å². The normalized spacial score (nSPS) is 18.1. The first-order valence-corrected chi connectivity index (χ1v) is 11.0. The molecule has 0 bridgehead atoms. The molecule has 3 amide bonds. The second kappa shape index (κ2) is 10.3. The molecule has 0 spiro atoms. The highest BCUT2D eigenvalue weighted by molar-refractivity contribution is 6.30. The molecule has 1 aromatic heterocycles.